The first-order valence-electron chi connectivity index (χ1n) is 6.54. The predicted octanol–water partition coefficient (Wildman–Crippen LogP) is 3.09. The van der Waals surface area contributed by atoms with E-state index < -0.39 is 0 Å². The van der Waals surface area contributed by atoms with Crippen LogP contribution in [0.25, 0.3) is 0 Å². The Bertz CT molecular complexity index is 363. The van der Waals surface area contributed by atoms with E-state index in [1.165, 1.54) is 22.6 Å². The molecular formula is C14H23NOS. The third kappa shape index (κ3) is 3.30. The lowest BCUT2D eigenvalue weighted by Gasteiger charge is -2.38. The lowest BCUT2D eigenvalue weighted by atomic mass is 9.73. The molecule has 1 aromatic rings. The molecule has 0 radical (unpaired) electrons. The standard InChI is InChI=1S/C14H23NOS/c1-11-6-7-12(17-11)9-15-10-14(2)8-4-3-5-13(14)16/h6-7,13,15-16H,3-5,8-10H2,1-2H3. The molecule has 1 fully saturated rings. The fourth-order valence-corrected chi connectivity index (χ4v) is 3.50. The zero-order valence-electron chi connectivity index (χ0n) is 10.8. The van der Waals surface area contributed by atoms with Crippen LogP contribution in [0.5, 0.6) is 0 Å². The van der Waals surface area contributed by atoms with E-state index in [1.54, 1.807) is 0 Å². The fourth-order valence-electron chi connectivity index (χ4n) is 2.64. The molecule has 2 atom stereocenters. The van der Waals surface area contributed by atoms with E-state index >= 15 is 0 Å². The van der Waals surface area contributed by atoms with Gasteiger partial charge in [0.2, 0.25) is 0 Å². The van der Waals surface area contributed by atoms with Gasteiger partial charge in [-0.2, -0.15) is 0 Å². The molecule has 2 nitrogen and oxygen atoms in total. The van der Waals surface area contributed by atoms with Crippen LogP contribution >= 0.6 is 11.3 Å². The summed E-state index contributed by atoms with van der Waals surface area (Å²) < 4.78 is 0. The largest absolute Gasteiger partial charge is 0.393 e. The molecule has 1 aliphatic rings. The van der Waals surface area contributed by atoms with Gasteiger partial charge < -0.3 is 10.4 Å². The smallest absolute Gasteiger partial charge is 0.0605 e. The summed E-state index contributed by atoms with van der Waals surface area (Å²) >= 11 is 1.85. The van der Waals surface area contributed by atoms with E-state index in [-0.39, 0.29) is 11.5 Å². The molecule has 0 spiro atoms. The van der Waals surface area contributed by atoms with Crippen LogP contribution in [0, 0.1) is 12.3 Å². The Balaban J connectivity index is 1.81. The van der Waals surface area contributed by atoms with Gasteiger partial charge in [0.15, 0.2) is 0 Å². The average molecular weight is 253 g/mol. The number of nitrogens with one attached hydrogen (secondary N) is 1. The fraction of sp³-hybridized carbons (Fsp3) is 0.714. The number of rotatable bonds is 4. The van der Waals surface area contributed by atoms with Crippen molar-refractivity contribution in [2.75, 3.05) is 6.54 Å². The van der Waals surface area contributed by atoms with E-state index in [0.717, 1.165) is 25.9 Å². The second-order valence-electron chi connectivity index (χ2n) is 5.53. The van der Waals surface area contributed by atoms with Crippen LogP contribution in [0.2, 0.25) is 0 Å². The van der Waals surface area contributed by atoms with Crippen LogP contribution in [0.1, 0.15) is 42.4 Å². The van der Waals surface area contributed by atoms with Crippen molar-refractivity contribution in [2.45, 2.75) is 52.2 Å². The topological polar surface area (TPSA) is 32.3 Å². The summed E-state index contributed by atoms with van der Waals surface area (Å²) in [4.78, 5) is 2.75. The number of aryl methyl sites for hydroxylation is 1. The molecule has 1 saturated carbocycles. The zero-order chi connectivity index (χ0) is 12.3. The molecule has 17 heavy (non-hydrogen) atoms. The molecule has 0 amide bonds. The normalized spacial score (nSPS) is 29.5. The molecule has 1 aromatic heterocycles. The van der Waals surface area contributed by atoms with Crippen molar-refractivity contribution in [3.8, 4) is 0 Å². The molecule has 0 saturated heterocycles. The lowest BCUT2D eigenvalue weighted by Crippen LogP contribution is -2.43. The van der Waals surface area contributed by atoms with Gasteiger partial charge in [0.05, 0.1) is 6.10 Å². The van der Waals surface area contributed by atoms with Gasteiger partial charge in [0, 0.05) is 28.3 Å². The van der Waals surface area contributed by atoms with Crippen molar-refractivity contribution in [1.29, 1.82) is 0 Å². The highest BCUT2D eigenvalue weighted by atomic mass is 32.1. The molecule has 96 valence electrons. The zero-order valence-corrected chi connectivity index (χ0v) is 11.6. The Morgan fingerprint density at radius 2 is 2.29 bits per heavy atom. The van der Waals surface area contributed by atoms with E-state index in [0.29, 0.717) is 0 Å². The van der Waals surface area contributed by atoms with Crippen LogP contribution in [-0.4, -0.2) is 17.8 Å². The summed E-state index contributed by atoms with van der Waals surface area (Å²) in [6.45, 7) is 6.20. The minimum absolute atomic E-state index is 0.0740. The van der Waals surface area contributed by atoms with E-state index in [4.69, 9.17) is 0 Å². The van der Waals surface area contributed by atoms with Gasteiger partial charge in [-0.05, 0) is 31.9 Å². The van der Waals surface area contributed by atoms with Crippen LogP contribution in [0.4, 0.5) is 0 Å². The van der Waals surface area contributed by atoms with Crippen molar-refractivity contribution in [1.82, 2.24) is 5.32 Å². The maximum absolute atomic E-state index is 10.1. The summed E-state index contributed by atoms with van der Waals surface area (Å²) in [6, 6.07) is 4.35. The minimum atomic E-state index is -0.131. The average Bonchev–Trinajstić information content (AvgIpc) is 2.69. The monoisotopic (exact) mass is 253 g/mol. The Morgan fingerprint density at radius 3 is 2.94 bits per heavy atom. The summed E-state index contributed by atoms with van der Waals surface area (Å²) in [6.07, 6.45) is 4.42. The van der Waals surface area contributed by atoms with Gasteiger partial charge in [0.25, 0.3) is 0 Å². The lowest BCUT2D eigenvalue weighted by molar-refractivity contribution is 0.00119. The van der Waals surface area contributed by atoms with Gasteiger partial charge in [0.1, 0.15) is 0 Å². The Morgan fingerprint density at radius 1 is 1.47 bits per heavy atom. The Labute approximate surface area is 108 Å². The number of aliphatic hydroxyl groups excluding tert-OH is 1. The van der Waals surface area contributed by atoms with Gasteiger partial charge in [-0.25, -0.2) is 0 Å². The molecule has 2 N–H and O–H groups in total. The molecule has 1 aliphatic carbocycles. The van der Waals surface area contributed by atoms with Crippen molar-refractivity contribution in [3.63, 3.8) is 0 Å². The number of hydrogen-bond acceptors (Lipinski definition) is 3. The number of aliphatic hydroxyl groups is 1. The molecule has 3 heteroatoms. The van der Waals surface area contributed by atoms with Gasteiger partial charge in [-0.1, -0.05) is 19.8 Å². The first kappa shape index (κ1) is 13.1. The molecule has 0 aromatic carbocycles. The maximum Gasteiger partial charge on any atom is 0.0605 e. The second-order valence-corrected chi connectivity index (χ2v) is 6.90. The summed E-state index contributed by atoms with van der Waals surface area (Å²) in [5, 5.41) is 13.6. The first-order valence-corrected chi connectivity index (χ1v) is 7.36. The van der Waals surface area contributed by atoms with Crippen LogP contribution < -0.4 is 5.32 Å². The second kappa shape index (κ2) is 5.51. The van der Waals surface area contributed by atoms with E-state index in [1.807, 2.05) is 11.3 Å². The van der Waals surface area contributed by atoms with E-state index in [9.17, 15) is 5.11 Å². The minimum Gasteiger partial charge on any atom is -0.393 e. The first-order chi connectivity index (χ1) is 8.10. The quantitative estimate of drug-likeness (QED) is 0.864. The van der Waals surface area contributed by atoms with Crippen molar-refractivity contribution in [3.05, 3.63) is 21.9 Å². The summed E-state index contributed by atoms with van der Waals surface area (Å²) in [5.74, 6) is 0. The van der Waals surface area contributed by atoms with E-state index in [2.05, 4.69) is 31.3 Å². The predicted molar refractivity (Wildman–Crippen MR) is 73.3 cm³/mol. The summed E-state index contributed by atoms with van der Waals surface area (Å²) in [5.41, 5.74) is 0.0740. The van der Waals surface area contributed by atoms with Crippen LogP contribution in [-0.2, 0) is 6.54 Å². The summed E-state index contributed by atoms with van der Waals surface area (Å²) in [7, 11) is 0. The van der Waals surface area contributed by atoms with Crippen molar-refractivity contribution >= 4 is 11.3 Å². The SMILES string of the molecule is Cc1ccc(CNCC2(C)CCCCC2O)s1. The molecule has 1 heterocycles. The highest BCUT2D eigenvalue weighted by Crippen LogP contribution is 2.35. The number of thiophene rings is 1. The molecule has 2 rings (SSSR count). The maximum atomic E-state index is 10.1. The highest BCUT2D eigenvalue weighted by molar-refractivity contribution is 7.11. The number of hydrogen-bond donors (Lipinski definition) is 2. The van der Waals surface area contributed by atoms with Crippen LogP contribution in [0.3, 0.4) is 0 Å². The Hall–Kier alpha value is -0.380. The van der Waals surface area contributed by atoms with Crippen LogP contribution in [0.15, 0.2) is 12.1 Å². The Kier molecular flexibility index (Phi) is 4.23. The van der Waals surface area contributed by atoms with Gasteiger partial charge in [-0.3, -0.25) is 0 Å². The third-order valence-electron chi connectivity index (χ3n) is 3.90. The molecular weight excluding hydrogens is 230 g/mol. The molecule has 0 aliphatic heterocycles. The molecule has 2 unspecified atom stereocenters. The third-order valence-corrected chi connectivity index (χ3v) is 4.90. The molecule has 0 bridgehead atoms. The van der Waals surface area contributed by atoms with Gasteiger partial charge in [-0.15, -0.1) is 11.3 Å². The van der Waals surface area contributed by atoms with Crippen molar-refractivity contribution < 1.29 is 5.11 Å². The van der Waals surface area contributed by atoms with Crippen molar-refractivity contribution in [2.24, 2.45) is 5.41 Å². The van der Waals surface area contributed by atoms with Gasteiger partial charge >= 0.3 is 0 Å². The highest BCUT2D eigenvalue weighted by Gasteiger charge is 2.34.